The van der Waals surface area contributed by atoms with E-state index in [1.807, 2.05) is 32.0 Å². The topological polar surface area (TPSA) is 84.9 Å². The quantitative estimate of drug-likeness (QED) is 0.313. The first kappa shape index (κ1) is 23.1. The molecule has 0 radical (unpaired) electrons. The van der Waals surface area contributed by atoms with Crippen LogP contribution in [0.2, 0.25) is 0 Å². The zero-order chi connectivity index (χ0) is 23.4. The minimum absolute atomic E-state index is 0.0352. The van der Waals surface area contributed by atoms with Gasteiger partial charge < -0.3 is 9.47 Å². The van der Waals surface area contributed by atoms with Crippen molar-refractivity contribution in [1.29, 1.82) is 0 Å². The molecule has 0 unspecified atom stereocenters. The number of carbonyl (C=O) groups is 3. The lowest BCUT2D eigenvalue weighted by molar-refractivity contribution is -0.149. The summed E-state index contributed by atoms with van der Waals surface area (Å²) < 4.78 is 10.4. The first-order valence-corrected chi connectivity index (χ1v) is 10.5. The fourth-order valence-electron chi connectivity index (χ4n) is 3.24. The second kappa shape index (κ2) is 9.74. The maximum Gasteiger partial charge on any atom is 0.344 e. The summed E-state index contributed by atoms with van der Waals surface area (Å²) >= 11 is 5.25. The predicted molar refractivity (Wildman–Crippen MR) is 125 cm³/mol. The van der Waals surface area contributed by atoms with Gasteiger partial charge in [-0.3, -0.25) is 19.8 Å². The highest BCUT2D eigenvalue weighted by Gasteiger charge is 2.34. The fourth-order valence-corrected chi connectivity index (χ4v) is 3.52. The number of aryl methyl sites for hydroxylation is 2. The Bertz CT molecular complexity index is 1090. The van der Waals surface area contributed by atoms with Crippen molar-refractivity contribution in [2.24, 2.45) is 0 Å². The molecule has 1 N–H and O–H groups in total. The van der Waals surface area contributed by atoms with Gasteiger partial charge in [-0.25, -0.2) is 4.79 Å². The number of amides is 2. The van der Waals surface area contributed by atoms with E-state index in [-0.39, 0.29) is 23.4 Å². The Balaban J connectivity index is 1.79. The van der Waals surface area contributed by atoms with Gasteiger partial charge in [0.1, 0.15) is 11.3 Å². The summed E-state index contributed by atoms with van der Waals surface area (Å²) in [5.74, 6) is -1.05. The van der Waals surface area contributed by atoms with Crippen molar-refractivity contribution in [2.75, 3.05) is 11.5 Å². The second-order valence-electron chi connectivity index (χ2n) is 7.70. The van der Waals surface area contributed by atoms with Crippen LogP contribution in [0, 0.1) is 13.8 Å². The molecule has 0 bridgehead atoms. The largest absolute Gasteiger partial charge is 0.482 e. The normalized spacial score (nSPS) is 15.2. The maximum atomic E-state index is 13.1. The van der Waals surface area contributed by atoms with Crippen molar-refractivity contribution in [3.8, 4) is 5.75 Å². The third kappa shape index (κ3) is 5.59. The molecule has 0 atom stereocenters. The molecule has 2 aromatic rings. The highest BCUT2D eigenvalue weighted by Crippen LogP contribution is 2.25. The molecule has 2 aromatic carbocycles. The Morgan fingerprint density at radius 2 is 1.72 bits per heavy atom. The number of ether oxygens (including phenoxy) is 2. The molecule has 1 heterocycles. The van der Waals surface area contributed by atoms with Gasteiger partial charge in [-0.05, 0) is 86.9 Å². The SMILES string of the molecule is Cc1cc(C)cc(N2C(=O)/C(=C/c3ccc(OCC(=O)OC(C)C)cc3)C(=O)NC2=S)c1. The Kier molecular flexibility index (Phi) is 7.05. The molecule has 3 rings (SSSR count). The van der Waals surface area contributed by atoms with E-state index in [1.54, 1.807) is 38.1 Å². The molecule has 0 saturated carbocycles. The van der Waals surface area contributed by atoms with Crippen LogP contribution in [0.5, 0.6) is 5.75 Å². The van der Waals surface area contributed by atoms with Gasteiger partial charge in [0.2, 0.25) is 0 Å². The number of anilines is 1. The Morgan fingerprint density at radius 1 is 1.09 bits per heavy atom. The van der Waals surface area contributed by atoms with E-state index in [1.165, 1.54) is 11.0 Å². The van der Waals surface area contributed by atoms with Crippen LogP contribution in [0.25, 0.3) is 6.08 Å². The molecule has 7 nitrogen and oxygen atoms in total. The fraction of sp³-hybridized carbons (Fsp3) is 0.250. The monoisotopic (exact) mass is 452 g/mol. The van der Waals surface area contributed by atoms with Gasteiger partial charge >= 0.3 is 5.97 Å². The summed E-state index contributed by atoms with van der Waals surface area (Å²) in [7, 11) is 0. The van der Waals surface area contributed by atoms with E-state index in [0.29, 0.717) is 17.0 Å². The van der Waals surface area contributed by atoms with Gasteiger partial charge in [-0.2, -0.15) is 0 Å². The highest BCUT2D eigenvalue weighted by molar-refractivity contribution is 7.80. The minimum Gasteiger partial charge on any atom is -0.482 e. The first-order valence-electron chi connectivity index (χ1n) is 10.1. The van der Waals surface area contributed by atoms with E-state index < -0.39 is 17.8 Å². The van der Waals surface area contributed by atoms with Gasteiger partial charge in [-0.1, -0.05) is 18.2 Å². The van der Waals surface area contributed by atoms with Crippen molar-refractivity contribution in [3.05, 3.63) is 64.7 Å². The van der Waals surface area contributed by atoms with Crippen LogP contribution in [0.1, 0.15) is 30.5 Å². The average molecular weight is 453 g/mol. The Labute approximate surface area is 192 Å². The van der Waals surface area contributed by atoms with Gasteiger partial charge in [-0.15, -0.1) is 0 Å². The summed E-state index contributed by atoms with van der Waals surface area (Å²) in [5, 5.41) is 2.62. The average Bonchev–Trinajstić information content (AvgIpc) is 2.69. The molecule has 0 spiro atoms. The van der Waals surface area contributed by atoms with Crippen molar-refractivity contribution >= 4 is 46.9 Å². The number of hydrogen-bond acceptors (Lipinski definition) is 6. The summed E-state index contributed by atoms with van der Waals surface area (Å²) in [5.41, 5.74) is 3.14. The standard InChI is InChI=1S/C24H24N2O5S/c1-14(2)31-21(27)13-30-19-7-5-17(6-8-19)12-20-22(28)25-24(32)26(23(20)29)18-10-15(3)9-16(4)11-18/h5-12,14H,13H2,1-4H3,(H,25,28,32)/b20-12+. The van der Waals surface area contributed by atoms with Crippen LogP contribution >= 0.6 is 12.2 Å². The number of rotatable bonds is 6. The molecule has 2 amide bonds. The van der Waals surface area contributed by atoms with Crippen LogP contribution < -0.4 is 15.0 Å². The summed E-state index contributed by atoms with van der Waals surface area (Å²) in [6, 6.07) is 12.3. The third-order valence-corrected chi connectivity index (χ3v) is 4.77. The molecule has 32 heavy (non-hydrogen) atoms. The molecular weight excluding hydrogens is 428 g/mol. The molecule has 8 heteroatoms. The molecule has 1 saturated heterocycles. The lowest BCUT2D eigenvalue weighted by Gasteiger charge is -2.29. The van der Waals surface area contributed by atoms with Crippen molar-refractivity contribution in [2.45, 2.75) is 33.8 Å². The molecule has 166 valence electrons. The molecule has 0 aliphatic carbocycles. The zero-order valence-electron chi connectivity index (χ0n) is 18.3. The van der Waals surface area contributed by atoms with Crippen molar-refractivity contribution < 1.29 is 23.9 Å². The number of carbonyl (C=O) groups excluding carboxylic acids is 3. The smallest absolute Gasteiger partial charge is 0.344 e. The van der Waals surface area contributed by atoms with Crippen LogP contribution in [0.3, 0.4) is 0 Å². The van der Waals surface area contributed by atoms with Crippen LogP contribution in [0.4, 0.5) is 5.69 Å². The van der Waals surface area contributed by atoms with E-state index in [0.717, 1.165) is 11.1 Å². The van der Waals surface area contributed by atoms with Gasteiger partial charge in [0.15, 0.2) is 11.7 Å². The Hall–Kier alpha value is -3.52. The number of nitrogens with one attached hydrogen (secondary N) is 1. The van der Waals surface area contributed by atoms with E-state index >= 15 is 0 Å². The Morgan fingerprint density at radius 3 is 2.31 bits per heavy atom. The van der Waals surface area contributed by atoms with Gasteiger partial charge in [0.05, 0.1) is 11.8 Å². The zero-order valence-corrected chi connectivity index (χ0v) is 19.1. The predicted octanol–water partition coefficient (Wildman–Crippen LogP) is 3.47. The molecular formula is C24H24N2O5S. The van der Waals surface area contributed by atoms with Gasteiger partial charge in [0, 0.05) is 0 Å². The maximum absolute atomic E-state index is 13.1. The van der Waals surface area contributed by atoms with Gasteiger partial charge in [0.25, 0.3) is 11.8 Å². The van der Waals surface area contributed by atoms with Crippen LogP contribution in [0.15, 0.2) is 48.0 Å². The lowest BCUT2D eigenvalue weighted by Crippen LogP contribution is -2.54. The number of benzene rings is 2. The van der Waals surface area contributed by atoms with E-state index in [9.17, 15) is 14.4 Å². The van der Waals surface area contributed by atoms with Crippen molar-refractivity contribution in [1.82, 2.24) is 5.32 Å². The van der Waals surface area contributed by atoms with E-state index in [4.69, 9.17) is 21.7 Å². The number of hydrogen-bond donors (Lipinski definition) is 1. The molecule has 1 fully saturated rings. The molecule has 0 aromatic heterocycles. The van der Waals surface area contributed by atoms with Crippen LogP contribution in [-0.2, 0) is 19.1 Å². The lowest BCUT2D eigenvalue weighted by atomic mass is 10.1. The summed E-state index contributed by atoms with van der Waals surface area (Å²) in [4.78, 5) is 38.5. The second-order valence-corrected chi connectivity index (χ2v) is 8.09. The summed E-state index contributed by atoms with van der Waals surface area (Å²) in [6.07, 6.45) is 1.28. The van der Waals surface area contributed by atoms with E-state index in [2.05, 4.69) is 5.32 Å². The highest BCUT2D eigenvalue weighted by atomic mass is 32.1. The third-order valence-electron chi connectivity index (χ3n) is 4.48. The summed E-state index contributed by atoms with van der Waals surface area (Å²) in [6.45, 7) is 7.17. The number of nitrogens with zero attached hydrogens (tertiary/aromatic N) is 1. The number of thiocarbonyl (C=S) groups is 1. The van der Waals surface area contributed by atoms with Crippen molar-refractivity contribution in [3.63, 3.8) is 0 Å². The minimum atomic E-state index is -0.558. The molecule has 1 aliphatic heterocycles. The molecule has 1 aliphatic rings. The van der Waals surface area contributed by atoms with Crippen LogP contribution in [-0.4, -0.2) is 35.6 Å². The number of esters is 1. The first-order chi connectivity index (χ1) is 15.1.